The van der Waals surface area contributed by atoms with Gasteiger partial charge in [0.05, 0.1) is 3.79 Å². The fourth-order valence-electron chi connectivity index (χ4n) is 2.50. The fraction of sp³-hybridized carbons (Fsp3) is 0.429. The van der Waals surface area contributed by atoms with Gasteiger partial charge in [-0.3, -0.25) is 0 Å². The lowest BCUT2D eigenvalue weighted by Crippen LogP contribution is -2.46. The zero-order valence-corrected chi connectivity index (χ0v) is 15.4. The maximum atomic E-state index is 4.35. The summed E-state index contributed by atoms with van der Waals surface area (Å²) in [6, 6.07) is 4.51. The van der Waals surface area contributed by atoms with Crippen molar-refractivity contribution in [2.24, 2.45) is 0 Å². The Balaban J connectivity index is 1.56. The first-order valence-corrected chi connectivity index (χ1v) is 9.31. The average molecular weight is 432 g/mol. The Morgan fingerprint density at radius 1 is 1.33 bits per heavy atom. The molecule has 1 unspecified atom stereocenters. The van der Waals surface area contributed by atoms with Gasteiger partial charge in [-0.25, -0.2) is 9.97 Å². The third kappa shape index (κ3) is 4.03. The molecule has 4 nitrogen and oxygen atoms in total. The van der Waals surface area contributed by atoms with E-state index in [-0.39, 0.29) is 0 Å². The highest BCUT2D eigenvalue weighted by Crippen LogP contribution is 2.32. The highest BCUT2D eigenvalue weighted by Gasteiger charge is 2.21. The molecule has 0 saturated carbocycles. The third-order valence-electron chi connectivity index (χ3n) is 3.52. The molecule has 2 aromatic rings. The lowest BCUT2D eigenvalue weighted by molar-refractivity contribution is 0.419. The maximum absolute atomic E-state index is 4.35. The Kier molecular flexibility index (Phi) is 5.26. The number of nitrogens with one attached hydrogen (secondary N) is 1. The van der Waals surface area contributed by atoms with E-state index in [4.69, 9.17) is 0 Å². The maximum Gasteiger partial charge on any atom is 0.225 e. The number of aromatic nitrogens is 2. The molecular formula is C14H16Br2N4S. The van der Waals surface area contributed by atoms with Crippen molar-refractivity contribution in [3.8, 4) is 0 Å². The fourth-order valence-corrected chi connectivity index (χ4v) is 4.63. The number of halogens is 2. The van der Waals surface area contributed by atoms with Crippen molar-refractivity contribution < 1.29 is 0 Å². The van der Waals surface area contributed by atoms with E-state index in [1.165, 1.54) is 17.7 Å². The minimum atomic E-state index is 0.488. The molecule has 3 heterocycles. The van der Waals surface area contributed by atoms with Crippen molar-refractivity contribution >= 4 is 49.1 Å². The third-order valence-corrected chi connectivity index (χ3v) is 6.77. The summed E-state index contributed by atoms with van der Waals surface area (Å²) >= 11 is 8.84. The minimum absolute atomic E-state index is 0.488. The molecule has 0 spiro atoms. The molecule has 1 N–H and O–H groups in total. The Labute approximate surface area is 145 Å². The topological polar surface area (TPSA) is 41.0 Å². The number of hydrogen-bond donors (Lipinski definition) is 1. The molecular weight excluding hydrogens is 416 g/mol. The van der Waals surface area contributed by atoms with Gasteiger partial charge in [-0.2, -0.15) is 0 Å². The van der Waals surface area contributed by atoms with Crippen LogP contribution in [0, 0.1) is 0 Å². The van der Waals surface area contributed by atoms with Gasteiger partial charge >= 0.3 is 0 Å². The van der Waals surface area contributed by atoms with Crippen molar-refractivity contribution in [3.05, 3.63) is 37.7 Å². The van der Waals surface area contributed by atoms with Crippen LogP contribution in [0.25, 0.3) is 0 Å². The van der Waals surface area contributed by atoms with E-state index < -0.39 is 0 Å². The summed E-state index contributed by atoms with van der Waals surface area (Å²) in [6.45, 7) is 2.92. The lowest BCUT2D eigenvalue weighted by atomic mass is 10.1. The Bertz CT molecular complexity index is 570. The summed E-state index contributed by atoms with van der Waals surface area (Å²) in [6.07, 6.45) is 5.99. The van der Waals surface area contributed by atoms with Crippen LogP contribution in [0.2, 0.25) is 0 Å². The summed E-state index contributed by atoms with van der Waals surface area (Å²) in [4.78, 5) is 12.3. The van der Waals surface area contributed by atoms with Crippen LogP contribution < -0.4 is 10.2 Å². The molecule has 1 atom stereocenters. The minimum Gasteiger partial charge on any atom is -0.339 e. The monoisotopic (exact) mass is 430 g/mol. The lowest BCUT2D eigenvalue weighted by Gasteiger charge is -2.33. The summed E-state index contributed by atoms with van der Waals surface area (Å²) in [5.41, 5.74) is 0. The van der Waals surface area contributed by atoms with Crippen LogP contribution in [0.3, 0.4) is 0 Å². The van der Waals surface area contributed by atoms with Crippen molar-refractivity contribution in [1.82, 2.24) is 15.3 Å². The number of nitrogens with zero attached hydrogens (tertiary/aromatic N) is 3. The summed E-state index contributed by atoms with van der Waals surface area (Å²) < 4.78 is 2.29. The van der Waals surface area contributed by atoms with Crippen LogP contribution in [-0.4, -0.2) is 29.1 Å². The van der Waals surface area contributed by atoms with Gasteiger partial charge in [0.1, 0.15) is 0 Å². The normalized spacial score (nSPS) is 19.0. The van der Waals surface area contributed by atoms with Gasteiger partial charge in [-0.05, 0) is 56.8 Å². The highest BCUT2D eigenvalue weighted by atomic mass is 79.9. The van der Waals surface area contributed by atoms with Gasteiger partial charge in [-0.1, -0.05) is 0 Å². The number of anilines is 1. The molecule has 112 valence electrons. The molecule has 0 amide bonds. The van der Waals surface area contributed by atoms with Gasteiger partial charge in [0.2, 0.25) is 5.95 Å². The smallest absolute Gasteiger partial charge is 0.225 e. The number of hydrogen-bond acceptors (Lipinski definition) is 5. The van der Waals surface area contributed by atoms with E-state index in [0.717, 1.165) is 33.8 Å². The predicted octanol–water partition coefficient (Wildman–Crippen LogP) is 3.82. The average Bonchev–Trinajstić information content (AvgIpc) is 2.85. The van der Waals surface area contributed by atoms with E-state index in [9.17, 15) is 0 Å². The van der Waals surface area contributed by atoms with E-state index >= 15 is 0 Å². The Morgan fingerprint density at radius 2 is 2.14 bits per heavy atom. The summed E-state index contributed by atoms with van der Waals surface area (Å²) in [7, 11) is 0. The zero-order chi connectivity index (χ0) is 14.7. The zero-order valence-electron chi connectivity index (χ0n) is 11.4. The molecule has 0 aliphatic carbocycles. The molecule has 1 fully saturated rings. The standard InChI is InChI=1S/C14H16Br2N4S/c15-12-7-11(21-13(12)16)8-19-10-3-1-6-20(9-10)14-17-4-2-5-18-14/h2,4-5,7,10,19H,1,3,6,8-9H2. The first-order valence-electron chi connectivity index (χ1n) is 6.91. The molecule has 0 bridgehead atoms. The van der Waals surface area contributed by atoms with Crippen LogP contribution >= 0.6 is 43.2 Å². The molecule has 2 aromatic heterocycles. The van der Waals surface area contributed by atoms with Crippen LogP contribution in [0.5, 0.6) is 0 Å². The molecule has 3 rings (SSSR count). The molecule has 1 aliphatic heterocycles. The SMILES string of the molecule is Brc1cc(CNC2CCCN(c3ncccn3)C2)sc1Br. The van der Waals surface area contributed by atoms with Gasteiger partial charge in [-0.15, -0.1) is 11.3 Å². The van der Waals surface area contributed by atoms with Gasteiger partial charge in [0, 0.05) is 47.4 Å². The predicted molar refractivity (Wildman–Crippen MR) is 93.8 cm³/mol. The van der Waals surface area contributed by atoms with Crippen LogP contribution in [-0.2, 0) is 6.54 Å². The van der Waals surface area contributed by atoms with E-state index in [2.05, 4.69) is 58.1 Å². The first kappa shape index (κ1) is 15.4. The van der Waals surface area contributed by atoms with Crippen molar-refractivity contribution in [3.63, 3.8) is 0 Å². The van der Waals surface area contributed by atoms with Crippen molar-refractivity contribution in [2.75, 3.05) is 18.0 Å². The number of piperidine rings is 1. The van der Waals surface area contributed by atoms with Gasteiger partial charge in [0.15, 0.2) is 0 Å². The second-order valence-corrected chi connectivity index (χ2v) is 8.36. The second-order valence-electron chi connectivity index (χ2n) is 5.05. The Morgan fingerprint density at radius 3 is 2.86 bits per heavy atom. The van der Waals surface area contributed by atoms with E-state index in [0.29, 0.717) is 6.04 Å². The van der Waals surface area contributed by atoms with Crippen LogP contribution in [0.4, 0.5) is 5.95 Å². The first-order chi connectivity index (χ1) is 10.2. The summed E-state index contributed by atoms with van der Waals surface area (Å²) in [5.74, 6) is 0.839. The van der Waals surface area contributed by atoms with E-state index in [1.807, 2.05) is 6.07 Å². The van der Waals surface area contributed by atoms with Crippen molar-refractivity contribution in [2.45, 2.75) is 25.4 Å². The molecule has 0 aromatic carbocycles. The Hall–Kier alpha value is -0.500. The number of rotatable bonds is 4. The number of thiophene rings is 1. The molecule has 1 saturated heterocycles. The molecule has 21 heavy (non-hydrogen) atoms. The second kappa shape index (κ2) is 7.17. The quantitative estimate of drug-likeness (QED) is 0.798. The van der Waals surface area contributed by atoms with Crippen molar-refractivity contribution in [1.29, 1.82) is 0 Å². The van der Waals surface area contributed by atoms with Crippen LogP contribution in [0.1, 0.15) is 17.7 Å². The highest BCUT2D eigenvalue weighted by molar-refractivity contribution is 9.13. The molecule has 0 radical (unpaired) electrons. The van der Waals surface area contributed by atoms with Gasteiger partial charge in [0.25, 0.3) is 0 Å². The van der Waals surface area contributed by atoms with Crippen LogP contribution in [0.15, 0.2) is 32.8 Å². The molecule has 1 aliphatic rings. The van der Waals surface area contributed by atoms with E-state index in [1.54, 1.807) is 23.7 Å². The molecule has 7 heteroatoms. The summed E-state index contributed by atoms with van der Waals surface area (Å²) in [5, 5.41) is 3.65. The largest absolute Gasteiger partial charge is 0.339 e. The van der Waals surface area contributed by atoms with Gasteiger partial charge < -0.3 is 10.2 Å².